The van der Waals surface area contributed by atoms with E-state index in [1.807, 2.05) is 6.07 Å². The first-order valence-corrected chi connectivity index (χ1v) is 12.2. The zero-order chi connectivity index (χ0) is 23.3. The van der Waals surface area contributed by atoms with Crippen molar-refractivity contribution in [3.63, 3.8) is 0 Å². The van der Waals surface area contributed by atoms with E-state index in [4.69, 9.17) is 16.3 Å². The van der Waals surface area contributed by atoms with Gasteiger partial charge in [-0.1, -0.05) is 31.5 Å². The maximum absolute atomic E-state index is 13.4. The molecule has 2 aliphatic carbocycles. The molecule has 0 aromatic heterocycles. The van der Waals surface area contributed by atoms with Gasteiger partial charge in [0.1, 0.15) is 17.9 Å². The smallest absolute Gasteiger partial charge is 0.335 e. The predicted octanol–water partition coefficient (Wildman–Crippen LogP) is 5.16. The van der Waals surface area contributed by atoms with Gasteiger partial charge in [0.2, 0.25) is 0 Å². The maximum atomic E-state index is 13.4. The van der Waals surface area contributed by atoms with E-state index in [9.17, 15) is 23.6 Å². The molecule has 0 amide bonds. The van der Waals surface area contributed by atoms with Gasteiger partial charge in [-0.3, -0.25) is 4.72 Å². The van der Waals surface area contributed by atoms with Gasteiger partial charge >= 0.3 is 5.97 Å². The van der Waals surface area contributed by atoms with Crippen LogP contribution in [0, 0.1) is 16.7 Å². The average molecular weight is 475 g/mol. The number of nitrogens with zero attached hydrogens (tertiary/aromatic N) is 1. The van der Waals surface area contributed by atoms with Crippen molar-refractivity contribution in [2.24, 2.45) is 5.41 Å². The van der Waals surface area contributed by atoms with E-state index in [0.29, 0.717) is 5.56 Å². The number of hydrogen-bond donors (Lipinski definition) is 2. The summed E-state index contributed by atoms with van der Waals surface area (Å²) in [5.41, 5.74) is 0.601. The molecule has 2 fully saturated rings. The molecule has 2 saturated carbocycles. The Morgan fingerprint density at radius 1 is 1.25 bits per heavy atom. The Morgan fingerprint density at radius 2 is 1.97 bits per heavy atom. The number of benzene rings is 2. The lowest BCUT2D eigenvalue weighted by molar-refractivity contribution is -0.0179. The SMILES string of the molecule is CC1(C)CCC1Oc1cc(Cl)c(C#N)cc1NS(=O)(=O)c1cc(C(=O)O)ccc1C1CC1. The molecule has 0 bridgehead atoms. The van der Waals surface area contributed by atoms with E-state index >= 15 is 0 Å². The Hall–Kier alpha value is -2.76. The fourth-order valence-electron chi connectivity index (χ4n) is 3.86. The van der Waals surface area contributed by atoms with Crippen LogP contribution in [0.2, 0.25) is 5.02 Å². The second kappa shape index (κ2) is 7.98. The first-order chi connectivity index (χ1) is 15.0. The third kappa shape index (κ3) is 4.27. The molecule has 0 radical (unpaired) electrons. The summed E-state index contributed by atoms with van der Waals surface area (Å²) in [4.78, 5) is 11.4. The molecule has 168 valence electrons. The molecule has 2 aromatic rings. The number of halogens is 1. The third-order valence-corrected chi connectivity index (χ3v) is 7.93. The standard InChI is InChI=1S/C23H23ClN2O5S/c1-23(2)8-7-21(23)31-19-11-17(24)15(12-25)9-18(19)26-32(29,30)20-10-14(22(27)28)5-6-16(20)13-3-4-13/h5-6,9-11,13,21,26H,3-4,7-8H2,1-2H3,(H,27,28). The summed E-state index contributed by atoms with van der Waals surface area (Å²) >= 11 is 6.19. The number of carboxylic acid groups (broad SMARTS) is 1. The molecule has 1 unspecified atom stereocenters. The molecule has 1 atom stereocenters. The molecule has 2 aromatic carbocycles. The topological polar surface area (TPSA) is 116 Å². The van der Waals surface area contributed by atoms with E-state index in [1.54, 1.807) is 6.07 Å². The number of rotatable bonds is 7. The summed E-state index contributed by atoms with van der Waals surface area (Å²) < 4.78 is 35.4. The van der Waals surface area contributed by atoms with E-state index in [0.717, 1.165) is 25.7 Å². The van der Waals surface area contributed by atoms with Crippen LogP contribution in [-0.2, 0) is 10.0 Å². The Labute approximate surface area is 192 Å². The largest absolute Gasteiger partial charge is 0.488 e. The summed E-state index contributed by atoms with van der Waals surface area (Å²) in [6, 6.07) is 8.89. The Bertz CT molecular complexity index is 1250. The van der Waals surface area contributed by atoms with E-state index in [1.165, 1.54) is 24.3 Å². The highest BCUT2D eigenvalue weighted by Gasteiger charge is 2.41. The number of nitriles is 1. The third-order valence-electron chi connectivity index (χ3n) is 6.19. The van der Waals surface area contributed by atoms with Crippen molar-refractivity contribution in [2.75, 3.05) is 4.72 Å². The van der Waals surface area contributed by atoms with Crippen LogP contribution >= 0.6 is 11.6 Å². The zero-order valence-electron chi connectivity index (χ0n) is 17.7. The second-order valence-electron chi connectivity index (χ2n) is 9.01. The van der Waals surface area contributed by atoms with Crippen molar-refractivity contribution < 1.29 is 23.1 Å². The van der Waals surface area contributed by atoms with E-state index < -0.39 is 16.0 Å². The molecular formula is C23H23ClN2O5S. The summed E-state index contributed by atoms with van der Waals surface area (Å²) in [7, 11) is -4.16. The van der Waals surface area contributed by atoms with Crippen LogP contribution in [0.3, 0.4) is 0 Å². The molecule has 9 heteroatoms. The minimum absolute atomic E-state index is 0.0640. The number of carbonyl (C=O) groups is 1. The summed E-state index contributed by atoms with van der Waals surface area (Å²) in [5.74, 6) is -0.896. The number of anilines is 1. The molecule has 2 aliphatic rings. The molecule has 4 rings (SSSR count). The van der Waals surface area contributed by atoms with Crippen LogP contribution in [0.5, 0.6) is 5.75 Å². The quantitative estimate of drug-likeness (QED) is 0.572. The van der Waals surface area contributed by atoms with Crippen LogP contribution in [0.1, 0.15) is 66.9 Å². The van der Waals surface area contributed by atoms with Crippen molar-refractivity contribution in [2.45, 2.75) is 56.4 Å². The Morgan fingerprint density at radius 3 is 2.50 bits per heavy atom. The number of sulfonamides is 1. The van der Waals surface area contributed by atoms with Gasteiger partial charge in [0.05, 0.1) is 26.7 Å². The van der Waals surface area contributed by atoms with Crippen molar-refractivity contribution in [3.8, 4) is 11.8 Å². The minimum Gasteiger partial charge on any atom is -0.488 e. The summed E-state index contributed by atoms with van der Waals surface area (Å²) in [6.45, 7) is 4.13. The molecule has 7 nitrogen and oxygen atoms in total. The van der Waals surface area contributed by atoms with Gasteiger partial charge in [0, 0.05) is 11.5 Å². The fourth-order valence-corrected chi connectivity index (χ4v) is 5.44. The molecule has 0 aliphatic heterocycles. The molecular weight excluding hydrogens is 452 g/mol. The van der Waals surface area contributed by atoms with Crippen molar-refractivity contribution >= 4 is 33.3 Å². The second-order valence-corrected chi connectivity index (χ2v) is 11.1. The lowest BCUT2D eigenvalue weighted by atomic mass is 9.69. The van der Waals surface area contributed by atoms with Crippen molar-refractivity contribution in [1.82, 2.24) is 0 Å². The summed E-state index contributed by atoms with van der Waals surface area (Å²) in [5, 5.41) is 18.9. The van der Waals surface area contributed by atoms with Gasteiger partial charge < -0.3 is 9.84 Å². The minimum atomic E-state index is -4.16. The highest BCUT2D eigenvalue weighted by molar-refractivity contribution is 7.92. The normalized spacial score (nSPS) is 19.5. The number of aromatic carboxylic acids is 1. The van der Waals surface area contributed by atoms with Gasteiger partial charge in [-0.15, -0.1) is 0 Å². The van der Waals surface area contributed by atoms with Crippen LogP contribution in [0.4, 0.5) is 5.69 Å². The van der Waals surface area contributed by atoms with Gasteiger partial charge in [0.15, 0.2) is 0 Å². The Balaban J connectivity index is 1.75. The number of hydrogen-bond acceptors (Lipinski definition) is 5. The van der Waals surface area contributed by atoms with E-state index in [2.05, 4.69) is 18.6 Å². The van der Waals surface area contributed by atoms with Crippen LogP contribution in [0.25, 0.3) is 0 Å². The molecule has 32 heavy (non-hydrogen) atoms. The van der Waals surface area contributed by atoms with Crippen LogP contribution in [-0.4, -0.2) is 25.6 Å². The van der Waals surface area contributed by atoms with Gasteiger partial charge in [-0.25, -0.2) is 13.2 Å². The predicted molar refractivity (Wildman–Crippen MR) is 120 cm³/mol. The highest BCUT2D eigenvalue weighted by Crippen LogP contribution is 2.46. The molecule has 0 heterocycles. The fraction of sp³-hybridized carbons (Fsp3) is 0.391. The van der Waals surface area contributed by atoms with Gasteiger partial charge in [-0.2, -0.15) is 5.26 Å². The van der Waals surface area contributed by atoms with Crippen LogP contribution in [0.15, 0.2) is 35.2 Å². The number of ether oxygens (including phenoxy) is 1. The maximum Gasteiger partial charge on any atom is 0.335 e. The lowest BCUT2D eigenvalue weighted by Crippen LogP contribution is -2.44. The van der Waals surface area contributed by atoms with Gasteiger partial charge in [-0.05, 0) is 55.4 Å². The first-order valence-electron chi connectivity index (χ1n) is 10.3. The van der Waals surface area contributed by atoms with E-state index in [-0.39, 0.29) is 49.9 Å². The van der Waals surface area contributed by atoms with Crippen molar-refractivity contribution in [3.05, 3.63) is 52.0 Å². The first kappa shape index (κ1) is 22.4. The van der Waals surface area contributed by atoms with Crippen LogP contribution < -0.4 is 9.46 Å². The van der Waals surface area contributed by atoms with Crippen molar-refractivity contribution in [1.29, 1.82) is 5.26 Å². The lowest BCUT2D eigenvalue weighted by Gasteiger charge is -2.44. The molecule has 2 N–H and O–H groups in total. The Kier molecular flexibility index (Phi) is 5.60. The molecule has 0 spiro atoms. The number of carboxylic acids is 1. The monoisotopic (exact) mass is 474 g/mol. The molecule has 0 saturated heterocycles. The number of nitrogens with one attached hydrogen (secondary N) is 1. The zero-order valence-corrected chi connectivity index (χ0v) is 19.3. The average Bonchev–Trinajstić information content (AvgIpc) is 3.57. The summed E-state index contributed by atoms with van der Waals surface area (Å²) in [6.07, 6.45) is 3.38. The van der Waals surface area contributed by atoms with Gasteiger partial charge in [0.25, 0.3) is 10.0 Å². The highest BCUT2D eigenvalue weighted by atomic mass is 35.5.